The highest BCUT2D eigenvalue weighted by Crippen LogP contribution is 2.57. The molecule has 1 amide bonds. The zero-order valence-corrected chi connectivity index (χ0v) is 10.2. The van der Waals surface area contributed by atoms with Gasteiger partial charge in [-0.15, -0.1) is 0 Å². The maximum Gasteiger partial charge on any atom is 0.252 e. The number of carbonyl (C=O) groups is 1. The molecule has 2 bridgehead atoms. The van der Waals surface area contributed by atoms with Crippen molar-refractivity contribution in [1.29, 1.82) is 0 Å². The smallest absolute Gasteiger partial charge is 0.252 e. The Morgan fingerprint density at radius 3 is 2.69 bits per heavy atom. The first-order chi connectivity index (χ1) is 7.58. The molecule has 4 rings (SSSR count). The van der Waals surface area contributed by atoms with Crippen LogP contribution in [0.2, 0.25) is 0 Å². The summed E-state index contributed by atoms with van der Waals surface area (Å²) >= 11 is 3.26. The molecule has 3 saturated carbocycles. The number of benzene rings is 1. The molecule has 3 aliphatic carbocycles. The van der Waals surface area contributed by atoms with Crippen LogP contribution in [0.15, 0.2) is 22.7 Å². The minimum absolute atomic E-state index is 0.0352. The van der Waals surface area contributed by atoms with Crippen LogP contribution in [0.5, 0.6) is 0 Å². The molecule has 0 radical (unpaired) electrons. The van der Waals surface area contributed by atoms with Crippen LogP contribution < -0.4 is 5.32 Å². The van der Waals surface area contributed by atoms with E-state index >= 15 is 0 Å². The van der Waals surface area contributed by atoms with E-state index in [1.807, 2.05) is 0 Å². The molecule has 0 spiro atoms. The molecule has 1 aromatic rings. The van der Waals surface area contributed by atoms with E-state index in [1.54, 1.807) is 6.07 Å². The summed E-state index contributed by atoms with van der Waals surface area (Å²) in [7, 11) is 0. The highest BCUT2D eigenvalue weighted by atomic mass is 79.9. The number of halogens is 2. The topological polar surface area (TPSA) is 29.1 Å². The molecule has 3 aliphatic rings. The average molecular weight is 284 g/mol. The number of nitrogens with one attached hydrogen (secondary N) is 1. The fourth-order valence-corrected chi connectivity index (χ4v) is 3.04. The van der Waals surface area contributed by atoms with Crippen LogP contribution in [0.1, 0.15) is 29.6 Å². The van der Waals surface area contributed by atoms with Gasteiger partial charge in [0.15, 0.2) is 0 Å². The Hall–Kier alpha value is -0.900. The predicted octanol–water partition coefficient (Wildman–Crippen LogP) is 2.87. The van der Waals surface area contributed by atoms with Gasteiger partial charge in [-0.05, 0) is 59.3 Å². The Balaban J connectivity index is 1.80. The minimum atomic E-state index is -0.383. The van der Waals surface area contributed by atoms with Crippen molar-refractivity contribution in [2.45, 2.75) is 24.8 Å². The lowest BCUT2D eigenvalue weighted by Gasteiger charge is -2.61. The van der Waals surface area contributed by atoms with Crippen molar-refractivity contribution in [3.63, 3.8) is 0 Å². The summed E-state index contributed by atoms with van der Waals surface area (Å²) < 4.78 is 13.7. The van der Waals surface area contributed by atoms with Crippen molar-refractivity contribution in [2.75, 3.05) is 0 Å². The molecule has 1 N–H and O–H groups in total. The zero-order chi connectivity index (χ0) is 11.3. The molecular weight excluding hydrogens is 273 g/mol. The number of carbonyl (C=O) groups excluding carboxylic acids is 1. The normalized spacial score (nSPS) is 30.2. The van der Waals surface area contributed by atoms with Gasteiger partial charge in [-0.3, -0.25) is 4.79 Å². The summed E-state index contributed by atoms with van der Waals surface area (Å²) in [5.41, 5.74) is 0.415. The molecule has 0 heterocycles. The second-order valence-corrected chi connectivity index (χ2v) is 5.69. The van der Waals surface area contributed by atoms with Gasteiger partial charge in [-0.2, -0.15) is 0 Å². The van der Waals surface area contributed by atoms with Gasteiger partial charge in [0.2, 0.25) is 0 Å². The monoisotopic (exact) mass is 283 g/mol. The number of hydrogen-bond donors (Lipinski definition) is 1. The summed E-state index contributed by atoms with van der Waals surface area (Å²) in [5, 5.41) is 3.01. The SMILES string of the molecule is O=C(NC12CC(C1)C2)c1cc(F)ccc1Br. The quantitative estimate of drug-likeness (QED) is 0.889. The van der Waals surface area contributed by atoms with Gasteiger partial charge in [0.05, 0.1) is 5.56 Å². The largest absolute Gasteiger partial charge is 0.347 e. The standard InChI is InChI=1S/C12H11BrFNO/c13-10-2-1-8(14)3-9(10)11(16)15-12-4-7(5-12)6-12/h1-3,7H,4-6H2,(H,15,16). The van der Waals surface area contributed by atoms with E-state index in [4.69, 9.17) is 0 Å². The Morgan fingerprint density at radius 1 is 1.44 bits per heavy atom. The van der Waals surface area contributed by atoms with E-state index in [2.05, 4.69) is 21.2 Å². The summed E-state index contributed by atoms with van der Waals surface area (Å²) in [6.07, 6.45) is 3.27. The van der Waals surface area contributed by atoms with Crippen LogP contribution in [0, 0.1) is 11.7 Å². The summed E-state index contributed by atoms with van der Waals surface area (Å²) in [6, 6.07) is 4.17. The summed E-state index contributed by atoms with van der Waals surface area (Å²) in [4.78, 5) is 11.9. The molecule has 16 heavy (non-hydrogen) atoms. The molecule has 1 aromatic carbocycles. The lowest BCUT2D eigenvalue weighted by molar-refractivity contribution is -0.0438. The molecule has 0 aliphatic heterocycles. The lowest BCUT2D eigenvalue weighted by Crippen LogP contribution is -2.68. The Bertz CT molecular complexity index is 457. The van der Waals surface area contributed by atoms with E-state index in [1.165, 1.54) is 12.1 Å². The molecule has 0 saturated heterocycles. The maximum atomic E-state index is 13.0. The van der Waals surface area contributed by atoms with Crippen LogP contribution in [0.3, 0.4) is 0 Å². The number of amides is 1. The van der Waals surface area contributed by atoms with E-state index in [-0.39, 0.29) is 17.3 Å². The number of rotatable bonds is 2. The zero-order valence-electron chi connectivity index (χ0n) is 8.59. The highest BCUT2D eigenvalue weighted by molar-refractivity contribution is 9.10. The Morgan fingerprint density at radius 2 is 2.12 bits per heavy atom. The van der Waals surface area contributed by atoms with Crippen molar-refractivity contribution in [3.8, 4) is 0 Å². The summed E-state index contributed by atoms with van der Waals surface area (Å²) in [6.45, 7) is 0. The third kappa shape index (κ3) is 1.47. The number of hydrogen-bond acceptors (Lipinski definition) is 1. The van der Waals surface area contributed by atoms with E-state index in [0.717, 1.165) is 25.2 Å². The minimum Gasteiger partial charge on any atom is -0.347 e. The fraction of sp³-hybridized carbons (Fsp3) is 0.417. The maximum absolute atomic E-state index is 13.0. The second kappa shape index (κ2) is 3.29. The third-order valence-electron chi connectivity index (χ3n) is 3.59. The van der Waals surface area contributed by atoms with Crippen LogP contribution in [-0.2, 0) is 0 Å². The van der Waals surface area contributed by atoms with E-state index in [9.17, 15) is 9.18 Å². The first-order valence-electron chi connectivity index (χ1n) is 5.36. The van der Waals surface area contributed by atoms with Gasteiger partial charge >= 0.3 is 0 Å². The second-order valence-electron chi connectivity index (χ2n) is 4.84. The van der Waals surface area contributed by atoms with Crippen molar-refractivity contribution in [3.05, 3.63) is 34.1 Å². The van der Waals surface area contributed by atoms with E-state index < -0.39 is 0 Å². The fourth-order valence-electron chi connectivity index (χ4n) is 2.61. The first kappa shape index (κ1) is 10.3. The van der Waals surface area contributed by atoms with Gasteiger partial charge in [-0.25, -0.2) is 4.39 Å². The Labute approximate surface area is 101 Å². The van der Waals surface area contributed by atoms with Gasteiger partial charge in [0, 0.05) is 10.0 Å². The lowest BCUT2D eigenvalue weighted by atomic mass is 9.50. The van der Waals surface area contributed by atoms with E-state index in [0.29, 0.717) is 10.0 Å². The van der Waals surface area contributed by atoms with Crippen molar-refractivity contribution in [1.82, 2.24) is 5.32 Å². The molecular formula is C12H11BrFNO. The Kier molecular flexibility index (Phi) is 2.11. The third-order valence-corrected chi connectivity index (χ3v) is 4.28. The molecule has 84 valence electrons. The molecule has 2 nitrogen and oxygen atoms in total. The van der Waals surface area contributed by atoms with Gasteiger partial charge < -0.3 is 5.32 Å². The van der Waals surface area contributed by atoms with Crippen LogP contribution >= 0.6 is 15.9 Å². The summed E-state index contributed by atoms with van der Waals surface area (Å²) in [5.74, 6) is 0.256. The molecule has 4 heteroatoms. The van der Waals surface area contributed by atoms with Gasteiger partial charge in [0.25, 0.3) is 5.91 Å². The molecule has 0 aromatic heterocycles. The van der Waals surface area contributed by atoms with Crippen molar-refractivity contribution < 1.29 is 9.18 Å². The average Bonchev–Trinajstić information content (AvgIpc) is 2.13. The molecule has 0 atom stereocenters. The molecule has 3 fully saturated rings. The van der Waals surface area contributed by atoms with Crippen LogP contribution in [0.25, 0.3) is 0 Å². The predicted molar refractivity (Wildman–Crippen MR) is 61.6 cm³/mol. The van der Waals surface area contributed by atoms with Crippen molar-refractivity contribution in [2.24, 2.45) is 5.92 Å². The van der Waals surface area contributed by atoms with Crippen LogP contribution in [0.4, 0.5) is 4.39 Å². The molecule has 0 unspecified atom stereocenters. The van der Waals surface area contributed by atoms with Crippen LogP contribution in [-0.4, -0.2) is 11.4 Å². The van der Waals surface area contributed by atoms with Crippen molar-refractivity contribution >= 4 is 21.8 Å². The highest BCUT2D eigenvalue weighted by Gasteiger charge is 2.57. The first-order valence-corrected chi connectivity index (χ1v) is 6.15. The van der Waals surface area contributed by atoms with Gasteiger partial charge in [-0.1, -0.05) is 0 Å². The van der Waals surface area contributed by atoms with Gasteiger partial charge in [0.1, 0.15) is 5.82 Å².